The quantitative estimate of drug-likeness (QED) is 0.754. The summed E-state index contributed by atoms with van der Waals surface area (Å²) < 4.78 is 0. The zero-order valence-corrected chi connectivity index (χ0v) is 16.5. The first-order chi connectivity index (χ1) is 13.5. The zero-order valence-electron chi connectivity index (χ0n) is 16.5. The molecule has 148 valence electrons. The molecule has 0 unspecified atom stereocenters. The van der Waals surface area contributed by atoms with Gasteiger partial charge in [0.15, 0.2) is 0 Å². The maximum Gasteiger partial charge on any atom is 0.272 e. The summed E-state index contributed by atoms with van der Waals surface area (Å²) in [5.74, 6) is 0.668. The largest absolute Gasteiger partial charge is 0.360 e. The highest BCUT2D eigenvalue weighted by molar-refractivity contribution is 5.94. The number of pyridine rings is 2. The van der Waals surface area contributed by atoms with Crippen LogP contribution in [0.15, 0.2) is 42.6 Å². The Hall–Kier alpha value is -2.96. The molecule has 0 aliphatic carbocycles. The first kappa shape index (κ1) is 19.8. The minimum Gasteiger partial charge on any atom is -0.360 e. The zero-order chi connectivity index (χ0) is 19.9. The van der Waals surface area contributed by atoms with Gasteiger partial charge in [0.25, 0.3) is 5.91 Å². The van der Waals surface area contributed by atoms with Crippen molar-refractivity contribution in [1.82, 2.24) is 19.8 Å². The Morgan fingerprint density at radius 3 is 2.57 bits per heavy atom. The number of rotatable bonds is 1. The Kier molecular flexibility index (Phi) is 6.57. The van der Waals surface area contributed by atoms with Gasteiger partial charge in [0, 0.05) is 45.6 Å². The molecule has 2 aromatic rings. The first-order valence-corrected chi connectivity index (χ1v) is 9.66. The smallest absolute Gasteiger partial charge is 0.272 e. The summed E-state index contributed by atoms with van der Waals surface area (Å²) in [6.45, 7) is 1.99. The van der Waals surface area contributed by atoms with Crippen LogP contribution in [0.5, 0.6) is 0 Å². The number of hydrogen-bond donors (Lipinski definition) is 0. The number of likely N-dealkylation sites (N-methyl/N-ethyl adjacent to an activating group) is 1. The summed E-state index contributed by atoms with van der Waals surface area (Å²) in [7, 11) is 3.81. The molecule has 0 spiro atoms. The van der Waals surface area contributed by atoms with Gasteiger partial charge in [-0.05, 0) is 43.5 Å². The van der Waals surface area contributed by atoms with Crippen LogP contribution in [0.25, 0.3) is 0 Å². The van der Waals surface area contributed by atoms with Crippen molar-refractivity contribution in [2.75, 3.05) is 45.2 Å². The van der Waals surface area contributed by atoms with E-state index >= 15 is 0 Å². The van der Waals surface area contributed by atoms with E-state index in [9.17, 15) is 9.59 Å². The van der Waals surface area contributed by atoms with Crippen LogP contribution < -0.4 is 4.90 Å². The molecule has 0 N–H and O–H groups in total. The molecule has 0 atom stereocenters. The maximum atomic E-state index is 12.9. The third-order valence-electron chi connectivity index (χ3n) is 4.95. The van der Waals surface area contributed by atoms with Crippen molar-refractivity contribution in [3.05, 3.63) is 54.0 Å². The van der Waals surface area contributed by atoms with E-state index in [1.165, 1.54) is 0 Å². The highest BCUT2D eigenvalue weighted by Crippen LogP contribution is 2.13. The second-order valence-corrected chi connectivity index (χ2v) is 7.12. The van der Waals surface area contributed by atoms with Crippen LogP contribution in [-0.4, -0.2) is 71.9 Å². The SMILES string of the molecule is CN1CCCN(C)c2cccc(n2)CCCN(C(=O)c2ccccn2)CC1=O. The highest BCUT2D eigenvalue weighted by atomic mass is 16.2. The summed E-state index contributed by atoms with van der Waals surface area (Å²) >= 11 is 0. The van der Waals surface area contributed by atoms with Crippen LogP contribution >= 0.6 is 0 Å². The van der Waals surface area contributed by atoms with Crippen LogP contribution in [-0.2, 0) is 11.2 Å². The number of carbonyl (C=O) groups is 2. The van der Waals surface area contributed by atoms with E-state index in [2.05, 4.69) is 9.88 Å². The van der Waals surface area contributed by atoms with E-state index in [1.807, 2.05) is 25.2 Å². The van der Waals surface area contributed by atoms with E-state index in [0.29, 0.717) is 18.8 Å². The average Bonchev–Trinajstić information content (AvgIpc) is 2.72. The lowest BCUT2D eigenvalue weighted by Crippen LogP contribution is -2.43. The van der Waals surface area contributed by atoms with Gasteiger partial charge >= 0.3 is 0 Å². The Balaban J connectivity index is 1.80. The fourth-order valence-electron chi connectivity index (χ4n) is 3.24. The van der Waals surface area contributed by atoms with Gasteiger partial charge < -0.3 is 14.7 Å². The van der Waals surface area contributed by atoms with Crippen LogP contribution in [0, 0.1) is 0 Å². The lowest BCUT2D eigenvalue weighted by atomic mass is 10.2. The summed E-state index contributed by atoms with van der Waals surface area (Å²) in [5.41, 5.74) is 1.36. The Morgan fingerprint density at radius 1 is 0.964 bits per heavy atom. The van der Waals surface area contributed by atoms with Gasteiger partial charge in [-0.3, -0.25) is 14.6 Å². The molecule has 3 heterocycles. The number of aromatic nitrogens is 2. The van der Waals surface area contributed by atoms with Crippen molar-refractivity contribution in [3.63, 3.8) is 0 Å². The van der Waals surface area contributed by atoms with Crippen LogP contribution in [0.2, 0.25) is 0 Å². The molecule has 7 heteroatoms. The molecule has 0 saturated carbocycles. The Bertz CT molecular complexity index is 811. The van der Waals surface area contributed by atoms with E-state index in [-0.39, 0.29) is 18.4 Å². The van der Waals surface area contributed by atoms with Gasteiger partial charge in [-0.2, -0.15) is 0 Å². The molecule has 7 nitrogen and oxygen atoms in total. The predicted octanol–water partition coefficient (Wildman–Crippen LogP) is 1.85. The van der Waals surface area contributed by atoms with Crippen LogP contribution in [0.4, 0.5) is 5.82 Å². The monoisotopic (exact) mass is 381 g/mol. The fraction of sp³-hybridized carbons (Fsp3) is 0.429. The molecule has 2 bridgehead atoms. The molecule has 3 rings (SSSR count). The summed E-state index contributed by atoms with van der Waals surface area (Å²) in [4.78, 5) is 39.8. The third kappa shape index (κ3) is 5.06. The van der Waals surface area contributed by atoms with E-state index < -0.39 is 0 Å². The minimum atomic E-state index is -0.212. The second-order valence-electron chi connectivity index (χ2n) is 7.12. The van der Waals surface area contributed by atoms with Crippen molar-refractivity contribution >= 4 is 17.6 Å². The van der Waals surface area contributed by atoms with Gasteiger partial charge in [0.1, 0.15) is 18.1 Å². The maximum absolute atomic E-state index is 12.9. The number of aryl methyl sites for hydroxylation is 1. The number of carbonyl (C=O) groups excluding carboxylic acids is 2. The molecule has 1 aliphatic rings. The van der Waals surface area contributed by atoms with Crippen LogP contribution in [0.1, 0.15) is 29.0 Å². The number of amides is 2. The van der Waals surface area contributed by atoms with Crippen molar-refractivity contribution in [2.45, 2.75) is 19.3 Å². The molecule has 28 heavy (non-hydrogen) atoms. The minimum absolute atomic E-state index is 0.0550. The average molecular weight is 381 g/mol. The lowest BCUT2D eigenvalue weighted by Gasteiger charge is -2.27. The molecule has 0 saturated heterocycles. The standard InChI is InChI=1S/C21H27N5O2/c1-24-13-7-14-25(2)20(27)16-26(21(28)18-10-3-4-12-22-18)15-6-9-17-8-5-11-19(24)23-17/h3-5,8,10-12H,6-7,9,13-16H2,1-2H3. The van der Waals surface area contributed by atoms with E-state index in [0.717, 1.165) is 37.3 Å². The molecule has 1 aliphatic heterocycles. The Morgan fingerprint density at radius 2 is 1.79 bits per heavy atom. The van der Waals surface area contributed by atoms with Crippen molar-refractivity contribution in [1.29, 1.82) is 0 Å². The molecule has 2 amide bonds. The third-order valence-corrected chi connectivity index (χ3v) is 4.95. The van der Waals surface area contributed by atoms with Gasteiger partial charge in [-0.1, -0.05) is 12.1 Å². The topological polar surface area (TPSA) is 69.6 Å². The molecule has 0 aromatic carbocycles. The van der Waals surface area contributed by atoms with Crippen molar-refractivity contribution in [2.24, 2.45) is 0 Å². The normalized spacial score (nSPS) is 16.6. The number of hydrogen-bond acceptors (Lipinski definition) is 5. The fourth-order valence-corrected chi connectivity index (χ4v) is 3.24. The lowest BCUT2D eigenvalue weighted by molar-refractivity contribution is -0.130. The summed E-state index contributed by atoms with van der Waals surface area (Å²) in [6.07, 6.45) is 3.91. The predicted molar refractivity (Wildman–Crippen MR) is 108 cm³/mol. The number of anilines is 1. The van der Waals surface area contributed by atoms with E-state index in [4.69, 9.17) is 4.98 Å². The summed E-state index contributed by atoms with van der Waals surface area (Å²) in [6, 6.07) is 11.3. The van der Waals surface area contributed by atoms with Gasteiger partial charge in [-0.15, -0.1) is 0 Å². The summed E-state index contributed by atoms with van der Waals surface area (Å²) in [5, 5.41) is 0. The molecular weight excluding hydrogens is 354 g/mol. The molecular formula is C21H27N5O2. The molecule has 0 fully saturated rings. The van der Waals surface area contributed by atoms with Gasteiger partial charge in [0.2, 0.25) is 5.91 Å². The first-order valence-electron chi connectivity index (χ1n) is 9.66. The van der Waals surface area contributed by atoms with Gasteiger partial charge in [0.05, 0.1) is 0 Å². The molecule has 2 aromatic heterocycles. The highest BCUT2D eigenvalue weighted by Gasteiger charge is 2.21. The van der Waals surface area contributed by atoms with E-state index in [1.54, 1.807) is 41.2 Å². The Labute approximate surface area is 166 Å². The van der Waals surface area contributed by atoms with Crippen molar-refractivity contribution < 1.29 is 9.59 Å². The van der Waals surface area contributed by atoms with Crippen LogP contribution in [0.3, 0.4) is 0 Å². The molecule has 0 radical (unpaired) electrons. The van der Waals surface area contributed by atoms with Gasteiger partial charge in [-0.25, -0.2) is 4.98 Å². The second kappa shape index (κ2) is 9.30. The number of fused-ring (bicyclic) bond motifs is 2. The number of nitrogens with zero attached hydrogens (tertiary/aromatic N) is 5. The van der Waals surface area contributed by atoms with Crippen molar-refractivity contribution in [3.8, 4) is 0 Å².